The van der Waals surface area contributed by atoms with Crippen LogP contribution in [0.4, 0.5) is 14.5 Å². The molecule has 0 bridgehead atoms. The van der Waals surface area contributed by atoms with Crippen LogP contribution in [0.5, 0.6) is 0 Å². The Morgan fingerprint density at radius 1 is 1.09 bits per heavy atom. The Kier molecular flexibility index (Phi) is 8.32. The Balaban J connectivity index is 1.38. The van der Waals surface area contributed by atoms with Crippen molar-refractivity contribution in [2.45, 2.75) is 38.5 Å². The van der Waals surface area contributed by atoms with E-state index in [0.29, 0.717) is 10.9 Å². The maximum Gasteiger partial charge on any atom is 0.247 e. The molecule has 1 aliphatic heterocycles. The van der Waals surface area contributed by atoms with Gasteiger partial charge in [0.2, 0.25) is 11.8 Å². The molecule has 1 N–H and O–H groups in total. The van der Waals surface area contributed by atoms with Crippen molar-refractivity contribution in [3.05, 3.63) is 82.8 Å². The van der Waals surface area contributed by atoms with E-state index in [0.717, 1.165) is 4.90 Å². The average Bonchev–Trinajstić information content (AvgIpc) is 3.56. The molecule has 0 saturated carbocycles. The van der Waals surface area contributed by atoms with Gasteiger partial charge in [0.05, 0.1) is 30.2 Å². The van der Waals surface area contributed by atoms with Crippen molar-refractivity contribution in [2.75, 3.05) is 11.9 Å². The first kappa shape index (κ1) is 29.5. The molecule has 1 saturated heterocycles. The van der Waals surface area contributed by atoms with Crippen molar-refractivity contribution < 1.29 is 28.0 Å². The predicted molar refractivity (Wildman–Crippen MR) is 155 cm³/mol. The van der Waals surface area contributed by atoms with Crippen molar-refractivity contribution in [3.8, 4) is 17.2 Å². The molecule has 218 valence electrons. The highest BCUT2D eigenvalue weighted by Crippen LogP contribution is 2.34. The maximum atomic E-state index is 15.7. The number of nitriles is 1. The summed E-state index contributed by atoms with van der Waals surface area (Å²) < 4.78 is 31.6. The number of Topliss-reactive ketones (excluding diaryl/α,β-unsaturated/α-hetero) is 2. The highest BCUT2D eigenvalue weighted by atomic mass is 35.5. The minimum atomic E-state index is -1.48. The molecule has 2 atom stereocenters. The van der Waals surface area contributed by atoms with Gasteiger partial charge in [-0.25, -0.2) is 8.78 Å². The third-order valence-electron chi connectivity index (χ3n) is 7.22. The normalized spacial score (nSPS) is 16.2. The van der Waals surface area contributed by atoms with Crippen molar-refractivity contribution >= 4 is 51.6 Å². The van der Waals surface area contributed by atoms with Crippen molar-refractivity contribution in [1.82, 2.24) is 14.7 Å². The number of amides is 2. The smallest absolute Gasteiger partial charge is 0.247 e. The van der Waals surface area contributed by atoms with Gasteiger partial charge >= 0.3 is 0 Å². The Morgan fingerprint density at radius 2 is 1.86 bits per heavy atom. The molecule has 43 heavy (non-hydrogen) atoms. The lowest BCUT2D eigenvalue weighted by molar-refractivity contribution is -0.137. The number of carbonyl (C=O) groups is 4. The molecule has 12 heteroatoms. The van der Waals surface area contributed by atoms with E-state index >= 15 is 4.39 Å². The first-order valence-corrected chi connectivity index (χ1v) is 13.7. The number of rotatable bonds is 8. The van der Waals surface area contributed by atoms with Crippen molar-refractivity contribution in [1.29, 1.82) is 5.26 Å². The summed E-state index contributed by atoms with van der Waals surface area (Å²) in [5.74, 6) is -2.98. The number of halogens is 3. The molecule has 9 nitrogen and oxygen atoms in total. The van der Waals surface area contributed by atoms with Gasteiger partial charge in [-0.15, -0.1) is 0 Å². The Morgan fingerprint density at radius 3 is 2.60 bits per heavy atom. The lowest BCUT2D eigenvalue weighted by Crippen LogP contribution is -2.44. The first-order chi connectivity index (χ1) is 20.6. The zero-order valence-electron chi connectivity index (χ0n) is 22.8. The number of benzene rings is 3. The van der Waals surface area contributed by atoms with E-state index in [1.165, 1.54) is 48.0 Å². The molecule has 0 radical (unpaired) electrons. The lowest BCUT2D eigenvalue weighted by Gasteiger charge is -2.24. The number of hydrogen-bond acceptors (Lipinski definition) is 6. The number of nitrogens with zero attached hydrogens (tertiary/aromatic N) is 4. The summed E-state index contributed by atoms with van der Waals surface area (Å²) in [7, 11) is 0. The molecule has 0 unspecified atom stereocenters. The number of para-hydroxylation sites is 1. The highest BCUT2D eigenvalue weighted by Gasteiger charge is 2.40. The standard InChI is InChI=1S/C31H24ClF2N5O4/c1-17(40)30-21-5-2-3-8-25(21)39(37-30)16-28(42)38-15-19(33)14-26(38)31(43)36-24-7-4-6-20(29(24)34)22-13-18(9-10-23(22)32)27(41)11-12-35/h2-10,13,19,26H,11,14-16H2,1H3,(H,36,43)/t19-,26+/m1/s1. The summed E-state index contributed by atoms with van der Waals surface area (Å²) in [5, 5.41) is 16.3. The fraction of sp³-hybridized carbons (Fsp3) is 0.226. The number of ketones is 2. The molecule has 2 heterocycles. The monoisotopic (exact) mass is 603 g/mol. The summed E-state index contributed by atoms with van der Waals surface area (Å²) in [5.41, 5.74) is 0.836. The number of likely N-dealkylation sites (tertiary alicyclic amines) is 1. The van der Waals surface area contributed by atoms with E-state index in [9.17, 15) is 23.6 Å². The maximum absolute atomic E-state index is 15.7. The van der Waals surface area contributed by atoms with Crippen molar-refractivity contribution in [3.63, 3.8) is 0 Å². The molecular formula is C31H24ClF2N5O4. The number of fused-ring (bicyclic) bond motifs is 1. The predicted octanol–water partition coefficient (Wildman–Crippen LogP) is 5.37. The molecule has 3 aromatic carbocycles. The topological polar surface area (TPSA) is 125 Å². The van der Waals surface area contributed by atoms with E-state index < -0.39 is 35.6 Å². The molecule has 5 rings (SSSR count). The second kappa shape index (κ2) is 12.1. The van der Waals surface area contributed by atoms with Gasteiger partial charge in [-0.05, 0) is 30.3 Å². The highest BCUT2D eigenvalue weighted by molar-refractivity contribution is 6.33. The summed E-state index contributed by atoms with van der Waals surface area (Å²) >= 11 is 6.30. The summed E-state index contributed by atoms with van der Waals surface area (Å²) in [6.45, 7) is 0.688. The largest absolute Gasteiger partial charge is 0.326 e. The van der Waals surface area contributed by atoms with Crippen LogP contribution in [0, 0.1) is 17.1 Å². The van der Waals surface area contributed by atoms with E-state index in [4.69, 9.17) is 16.9 Å². The number of hydrogen-bond donors (Lipinski definition) is 1. The number of aromatic nitrogens is 2. The Labute approximate surface area is 249 Å². The van der Waals surface area contributed by atoms with Gasteiger partial charge in [0.15, 0.2) is 17.4 Å². The SMILES string of the molecule is CC(=O)c1nn(CC(=O)N2C[C@H](F)C[C@H]2C(=O)Nc2cccc(-c3cc(C(=O)CC#N)ccc3Cl)c2F)c2ccccc12. The molecule has 4 aromatic rings. The van der Waals surface area contributed by atoms with Crippen molar-refractivity contribution in [2.24, 2.45) is 0 Å². The second-order valence-electron chi connectivity index (χ2n) is 10.1. The number of nitrogens with one attached hydrogen (secondary N) is 1. The quantitative estimate of drug-likeness (QED) is 0.270. The molecule has 1 fully saturated rings. The zero-order chi connectivity index (χ0) is 30.8. The molecule has 1 aromatic heterocycles. The van der Waals surface area contributed by atoms with Crippen LogP contribution >= 0.6 is 11.6 Å². The molecule has 0 spiro atoms. The van der Waals surface area contributed by atoms with Crippen LogP contribution in [-0.4, -0.2) is 56.8 Å². The van der Waals surface area contributed by atoms with Gasteiger partial charge in [0.25, 0.3) is 0 Å². The Hall–Kier alpha value is -4.95. The summed E-state index contributed by atoms with van der Waals surface area (Å²) in [6.07, 6.45) is -2.13. The van der Waals surface area contributed by atoms with Crippen LogP contribution in [0.1, 0.15) is 40.6 Å². The molecule has 2 amide bonds. The van der Waals surface area contributed by atoms with E-state index in [-0.39, 0.29) is 64.8 Å². The van der Waals surface area contributed by atoms with Gasteiger partial charge in [-0.3, -0.25) is 23.9 Å². The van der Waals surface area contributed by atoms with Crippen LogP contribution in [0.2, 0.25) is 5.02 Å². The Bertz CT molecular complexity index is 1830. The summed E-state index contributed by atoms with van der Waals surface area (Å²) in [4.78, 5) is 52.0. The van der Waals surface area contributed by atoms with Crippen LogP contribution in [0.3, 0.4) is 0 Å². The number of alkyl halides is 1. The molecule has 0 aliphatic carbocycles. The van der Waals surface area contributed by atoms with E-state index in [2.05, 4.69) is 10.4 Å². The minimum absolute atomic E-state index is 0.0102. The third-order valence-corrected chi connectivity index (χ3v) is 7.55. The van der Waals surface area contributed by atoms with E-state index in [1.54, 1.807) is 30.3 Å². The van der Waals surface area contributed by atoms with Gasteiger partial charge in [0.1, 0.15) is 24.5 Å². The average molecular weight is 604 g/mol. The number of carbonyl (C=O) groups excluding carboxylic acids is 4. The fourth-order valence-corrected chi connectivity index (χ4v) is 5.39. The molecular weight excluding hydrogens is 580 g/mol. The van der Waals surface area contributed by atoms with Gasteiger partial charge < -0.3 is 10.2 Å². The van der Waals surface area contributed by atoms with Crippen LogP contribution in [0.25, 0.3) is 22.0 Å². The number of anilines is 1. The lowest BCUT2D eigenvalue weighted by atomic mass is 9.99. The third kappa shape index (κ3) is 5.87. The van der Waals surface area contributed by atoms with Gasteiger partial charge in [-0.2, -0.15) is 10.4 Å². The molecule has 1 aliphatic rings. The van der Waals surface area contributed by atoms with E-state index in [1.807, 2.05) is 0 Å². The van der Waals surface area contributed by atoms with Crippen LogP contribution in [0.15, 0.2) is 60.7 Å². The second-order valence-corrected chi connectivity index (χ2v) is 10.5. The van der Waals surface area contributed by atoms with Gasteiger partial charge in [0, 0.05) is 40.4 Å². The summed E-state index contributed by atoms with van der Waals surface area (Å²) in [6, 6.07) is 15.8. The van der Waals surface area contributed by atoms with Crippen LogP contribution in [-0.2, 0) is 16.1 Å². The van der Waals surface area contributed by atoms with Gasteiger partial charge in [-0.1, -0.05) is 41.9 Å². The first-order valence-electron chi connectivity index (χ1n) is 13.3. The van der Waals surface area contributed by atoms with Crippen LogP contribution < -0.4 is 5.32 Å². The zero-order valence-corrected chi connectivity index (χ0v) is 23.6. The minimum Gasteiger partial charge on any atom is -0.326 e. The fourth-order valence-electron chi connectivity index (χ4n) is 5.17.